The highest BCUT2D eigenvalue weighted by molar-refractivity contribution is 5.79. The van der Waals surface area contributed by atoms with Crippen molar-refractivity contribution >= 4 is 5.57 Å². The average molecular weight is 427 g/mol. The summed E-state index contributed by atoms with van der Waals surface area (Å²) in [5.74, 6) is 2.88. The van der Waals surface area contributed by atoms with Gasteiger partial charge in [-0.25, -0.2) is 0 Å². The van der Waals surface area contributed by atoms with Crippen LogP contribution in [0.5, 0.6) is 11.5 Å². The Balaban J connectivity index is 1.73. The quantitative estimate of drug-likeness (QED) is 0.378. The molecule has 1 aromatic carbocycles. The van der Waals surface area contributed by atoms with Crippen LogP contribution in [0.15, 0.2) is 18.2 Å². The van der Waals surface area contributed by atoms with E-state index in [2.05, 4.69) is 46.8 Å². The van der Waals surface area contributed by atoms with Gasteiger partial charge in [-0.2, -0.15) is 0 Å². The van der Waals surface area contributed by atoms with Crippen LogP contribution in [0, 0.1) is 11.8 Å². The van der Waals surface area contributed by atoms with Gasteiger partial charge < -0.3 is 9.84 Å². The van der Waals surface area contributed by atoms with Crippen molar-refractivity contribution in [3.63, 3.8) is 0 Å². The lowest BCUT2D eigenvalue weighted by Crippen LogP contribution is -2.30. The third kappa shape index (κ3) is 6.30. The maximum Gasteiger partial charge on any atom is 0.132 e. The van der Waals surface area contributed by atoms with Crippen molar-refractivity contribution in [3.8, 4) is 11.5 Å². The molecule has 1 heterocycles. The molecular formula is C29H46O2. The smallest absolute Gasteiger partial charge is 0.132 e. The largest absolute Gasteiger partial charge is 0.507 e. The van der Waals surface area contributed by atoms with Crippen LogP contribution < -0.4 is 4.74 Å². The first kappa shape index (κ1) is 24.2. The van der Waals surface area contributed by atoms with E-state index < -0.39 is 0 Å². The van der Waals surface area contributed by atoms with Crippen LogP contribution in [0.25, 0.3) is 5.57 Å². The minimum Gasteiger partial charge on any atom is -0.507 e. The summed E-state index contributed by atoms with van der Waals surface area (Å²) < 4.78 is 6.39. The van der Waals surface area contributed by atoms with Crippen LogP contribution >= 0.6 is 0 Å². The Morgan fingerprint density at radius 3 is 2.39 bits per heavy atom. The van der Waals surface area contributed by atoms with Gasteiger partial charge in [0.15, 0.2) is 0 Å². The lowest BCUT2D eigenvalue weighted by molar-refractivity contribution is 0.155. The van der Waals surface area contributed by atoms with Crippen molar-refractivity contribution in [1.29, 1.82) is 0 Å². The monoisotopic (exact) mass is 426 g/mol. The summed E-state index contributed by atoms with van der Waals surface area (Å²) >= 11 is 0. The van der Waals surface area contributed by atoms with Crippen molar-refractivity contribution in [3.05, 3.63) is 29.3 Å². The lowest BCUT2D eigenvalue weighted by atomic mass is 9.77. The summed E-state index contributed by atoms with van der Waals surface area (Å²) in [7, 11) is 0. The van der Waals surface area contributed by atoms with Gasteiger partial charge in [-0.15, -0.1) is 0 Å². The fraction of sp³-hybridized carbons (Fsp3) is 0.724. The van der Waals surface area contributed by atoms with Crippen LogP contribution in [0.2, 0.25) is 0 Å². The minimum atomic E-state index is -0.321. The molecule has 1 fully saturated rings. The summed E-state index contributed by atoms with van der Waals surface area (Å²) in [5.41, 5.74) is 3.18. The Bertz CT molecular complexity index is 739. The number of fused-ring (bicyclic) bond motifs is 1. The molecule has 2 aliphatic rings. The number of benzene rings is 1. The van der Waals surface area contributed by atoms with Crippen molar-refractivity contribution in [1.82, 2.24) is 0 Å². The van der Waals surface area contributed by atoms with E-state index in [1.54, 1.807) is 0 Å². The van der Waals surface area contributed by atoms with Crippen LogP contribution in [-0.2, 0) is 0 Å². The number of phenols is 1. The van der Waals surface area contributed by atoms with Gasteiger partial charge in [-0.3, -0.25) is 0 Å². The molecule has 0 spiro atoms. The van der Waals surface area contributed by atoms with Gasteiger partial charge in [-0.05, 0) is 73.8 Å². The second-order valence-corrected chi connectivity index (χ2v) is 10.9. The van der Waals surface area contributed by atoms with Gasteiger partial charge in [0.2, 0.25) is 0 Å². The minimum absolute atomic E-state index is 0.321. The van der Waals surface area contributed by atoms with Crippen LogP contribution in [0.1, 0.15) is 129 Å². The van der Waals surface area contributed by atoms with Crippen molar-refractivity contribution in [2.45, 2.75) is 123 Å². The van der Waals surface area contributed by atoms with Crippen molar-refractivity contribution in [2.24, 2.45) is 11.8 Å². The molecule has 1 saturated carbocycles. The fourth-order valence-electron chi connectivity index (χ4n) is 5.58. The molecule has 1 aromatic rings. The van der Waals surface area contributed by atoms with Crippen molar-refractivity contribution in [2.75, 3.05) is 0 Å². The SMILES string of the molecule is CCCCCCCCC(C)C(C)c1cc(O)c2c(c1)OC(C)(C)C=C2C1CCCCC1. The number of allylic oxidation sites excluding steroid dienone is 1. The van der Waals surface area contributed by atoms with Crippen molar-refractivity contribution < 1.29 is 9.84 Å². The van der Waals surface area contributed by atoms with E-state index >= 15 is 0 Å². The van der Waals surface area contributed by atoms with Crippen LogP contribution in [0.3, 0.4) is 0 Å². The van der Waals surface area contributed by atoms with Gasteiger partial charge in [0.25, 0.3) is 0 Å². The number of ether oxygens (including phenoxy) is 1. The number of hydrogen-bond acceptors (Lipinski definition) is 2. The van der Waals surface area contributed by atoms with E-state index in [-0.39, 0.29) is 5.60 Å². The molecule has 0 aromatic heterocycles. The molecule has 174 valence electrons. The van der Waals surface area contributed by atoms with Gasteiger partial charge in [0.05, 0.1) is 5.56 Å². The Morgan fingerprint density at radius 2 is 1.68 bits per heavy atom. The Labute approximate surface area is 191 Å². The lowest BCUT2D eigenvalue weighted by Gasteiger charge is -2.36. The summed E-state index contributed by atoms with van der Waals surface area (Å²) in [6, 6.07) is 4.26. The normalized spacial score (nSPS) is 20.5. The number of aromatic hydroxyl groups is 1. The van der Waals surface area contributed by atoms with E-state index in [0.717, 1.165) is 11.3 Å². The van der Waals surface area contributed by atoms with E-state index in [4.69, 9.17) is 4.74 Å². The van der Waals surface area contributed by atoms with Gasteiger partial charge in [-0.1, -0.05) is 85.0 Å². The molecule has 2 unspecified atom stereocenters. The maximum atomic E-state index is 11.1. The standard InChI is InChI=1S/C29H46O2/c1-6-7-8-9-10-12-15-21(2)22(3)24-18-26(30)28-25(23-16-13-11-14-17-23)20-29(4,5)31-27(28)19-24/h18-23,30H,6-17H2,1-5H3. The first-order valence-corrected chi connectivity index (χ1v) is 13.1. The zero-order valence-electron chi connectivity index (χ0n) is 20.8. The zero-order chi connectivity index (χ0) is 22.4. The first-order valence-electron chi connectivity index (χ1n) is 13.1. The molecule has 2 atom stereocenters. The number of unbranched alkanes of at least 4 members (excludes halogenated alkanes) is 5. The molecule has 2 nitrogen and oxygen atoms in total. The van der Waals surface area contributed by atoms with Gasteiger partial charge in [0, 0.05) is 0 Å². The van der Waals surface area contributed by atoms with E-state index in [0.29, 0.717) is 23.5 Å². The second-order valence-electron chi connectivity index (χ2n) is 10.9. The predicted molar refractivity (Wildman–Crippen MR) is 133 cm³/mol. The molecule has 2 heteroatoms. The Kier molecular flexibility index (Phi) is 8.53. The highest BCUT2D eigenvalue weighted by atomic mass is 16.5. The molecule has 0 radical (unpaired) electrons. The molecule has 3 rings (SSSR count). The highest BCUT2D eigenvalue weighted by Crippen LogP contribution is 2.49. The summed E-state index contributed by atoms with van der Waals surface area (Å²) in [4.78, 5) is 0. The fourth-order valence-corrected chi connectivity index (χ4v) is 5.58. The van der Waals surface area contributed by atoms with Gasteiger partial charge >= 0.3 is 0 Å². The maximum absolute atomic E-state index is 11.1. The van der Waals surface area contributed by atoms with E-state index in [9.17, 15) is 5.11 Å². The third-order valence-electron chi connectivity index (χ3n) is 7.71. The molecule has 1 N–H and O–H groups in total. The molecule has 31 heavy (non-hydrogen) atoms. The summed E-state index contributed by atoms with van der Waals surface area (Å²) in [5, 5.41) is 11.1. The first-order chi connectivity index (χ1) is 14.8. The molecule has 0 amide bonds. The highest BCUT2D eigenvalue weighted by Gasteiger charge is 2.33. The molecule has 1 aliphatic carbocycles. The van der Waals surface area contributed by atoms with Crippen LogP contribution in [0.4, 0.5) is 0 Å². The topological polar surface area (TPSA) is 29.5 Å². The molecular weight excluding hydrogens is 380 g/mol. The average Bonchev–Trinajstić information content (AvgIpc) is 2.74. The summed E-state index contributed by atoms with van der Waals surface area (Å²) in [6.07, 6.45) is 18.0. The number of rotatable bonds is 10. The van der Waals surface area contributed by atoms with Crippen LogP contribution in [-0.4, -0.2) is 10.7 Å². The Hall–Kier alpha value is -1.44. The predicted octanol–water partition coefficient (Wildman–Crippen LogP) is 9.02. The molecule has 0 saturated heterocycles. The Morgan fingerprint density at radius 1 is 1.00 bits per heavy atom. The van der Waals surface area contributed by atoms with E-state index in [1.165, 1.54) is 88.2 Å². The summed E-state index contributed by atoms with van der Waals surface area (Å²) in [6.45, 7) is 11.2. The second kappa shape index (κ2) is 10.9. The van der Waals surface area contributed by atoms with E-state index in [1.807, 2.05) is 6.07 Å². The third-order valence-corrected chi connectivity index (χ3v) is 7.71. The molecule has 0 bridgehead atoms. The van der Waals surface area contributed by atoms with Gasteiger partial charge in [0.1, 0.15) is 17.1 Å². The zero-order valence-corrected chi connectivity index (χ0v) is 20.8. The molecule has 1 aliphatic heterocycles. The number of phenolic OH excluding ortho intramolecular Hbond substituents is 1. The number of hydrogen-bond donors (Lipinski definition) is 1.